The maximum Gasteiger partial charge on any atom is 0.472 e. The number of carbonyl (C=O) groups excluding carboxylic acids is 2. The molecule has 0 aromatic carbocycles. The Morgan fingerprint density at radius 1 is 0.340 bits per heavy atom. The van der Waals surface area contributed by atoms with Crippen molar-refractivity contribution in [3.8, 4) is 0 Å². The zero-order valence-electron chi connectivity index (χ0n) is 61.7. The molecule has 2 unspecified atom stereocenters. The van der Waals surface area contributed by atoms with Gasteiger partial charge in [-0.1, -0.05) is 340 Å². The van der Waals surface area contributed by atoms with Gasteiger partial charge in [-0.2, -0.15) is 0 Å². The number of nitrogens with zero attached hydrogens (tertiary/aromatic N) is 1. The van der Waals surface area contributed by atoms with Crippen molar-refractivity contribution in [3.05, 3.63) is 134 Å². The lowest BCUT2D eigenvalue weighted by Gasteiger charge is -2.24. The van der Waals surface area contributed by atoms with Gasteiger partial charge in [0.1, 0.15) is 19.8 Å². The van der Waals surface area contributed by atoms with Gasteiger partial charge in [0, 0.05) is 12.8 Å². The molecule has 94 heavy (non-hydrogen) atoms. The lowest BCUT2D eigenvalue weighted by molar-refractivity contribution is -0.870. The van der Waals surface area contributed by atoms with Crippen molar-refractivity contribution in [1.29, 1.82) is 0 Å². The van der Waals surface area contributed by atoms with Crippen LogP contribution in [0.4, 0.5) is 0 Å². The third-order valence-corrected chi connectivity index (χ3v) is 17.6. The summed E-state index contributed by atoms with van der Waals surface area (Å²) in [6.45, 7) is 4.34. The lowest BCUT2D eigenvalue weighted by atomic mass is 10.0. The fraction of sp³-hybridized carbons (Fsp3) is 0.714. The van der Waals surface area contributed by atoms with E-state index in [2.05, 4.69) is 148 Å². The smallest absolute Gasteiger partial charge is 0.462 e. The molecular weight excluding hydrogens is 1180 g/mol. The molecule has 0 saturated heterocycles. The van der Waals surface area contributed by atoms with Crippen molar-refractivity contribution in [3.63, 3.8) is 0 Å². The second-order valence-electron chi connectivity index (χ2n) is 27.0. The largest absolute Gasteiger partial charge is 0.472 e. The molecule has 0 aromatic heterocycles. The number of esters is 2. The number of unbranched alkanes of at least 4 members (excludes halogenated alkanes) is 35. The second kappa shape index (κ2) is 73.4. The van der Waals surface area contributed by atoms with Gasteiger partial charge in [-0.15, -0.1) is 0 Å². The predicted octanol–water partition coefficient (Wildman–Crippen LogP) is 25.9. The van der Waals surface area contributed by atoms with Crippen LogP contribution in [-0.2, 0) is 32.7 Å². The summed E-state index contributed by atoms with van der Waals surface area (Å²) in [7, 11) is 1.47. The Hall–Kier alpha value is -3.85. The summed E-state index contributed by atoms with van der Waals surface area (Å²) in [5.41, 5.74) is 0. The first-order valence-electron chi connectivity index (χ1n) is 38.9. The molecule has 0 aliphatic heterocycles. The Bertz CT molecular complexity index is 2050. The Morgan fingerprint density at radius 3 is 0.915 bits per heavy atom. The van der Waals surface area contributed by atoms with Gasteiger partial charge >= 0.3 is 19.8 Å². The van der Waals surface area contributed by atoms with Crippen LogP contribution in [0.15, 0.2) is 134 Å². The summed E-state index contributed by atoms with van der Waals surface area (Å²) < 4.78 is 34.8. The van der Waals surface area contributed by atoms with Gasteiger partial charge in [0.15, 0.2) is 6.10 Å². The summed E-state index contributed by atoms with van der Waals surface area (Å²) in [5, 5.41) is 0. The van der Waals surface area contributed by atoms with E-state index in [0.717, 1.165) is 109 Å². The molecule has 0 radical (unpaired) electrons. The third-order valence-electron chi connectivity index (χ3n) is 16.7. The van der Waals surface area contributed by atoms with E-state index in [1.807, 2.05) is 21.1 Å². The standard InChI is InChI=1S/C84H146NO8P/c1-6-8-10-12-14-16-18-20-22-24-26-28-30-32-34-36-38-39-40-41-42-43-44-45-47-49-51-53-55-57-59-61-63-65-67-69-71-73-75-77-84(87)93-82(81-92-94(88,89)91-79-78-85(3,4)5)80-90-83(86)76-74-72-70-68-66-64-62-60-58-56-54-52-50-48-46-37-35-33-31-29-27-25-23-21-19-17-15-13-11-9-7-2/h8,10,14,16,20,22,25-28,32,34,38-39,41-42,44-45,49,51,55,57,82H,6-7,9,11-13,15,17-19,21,23-24,29-31,33,35-37,40,43,46-48,50,52-54,56,58-81H2,1-5H3/p+1/b10-8-,16-14-,22-20-,27-25-,28-26-,34-32-,39-38-,42-41-,45-44-,51-49-,57-55-. The molecular formula is C84H147NO8P+. The number of allylic oxidation sites excluding steroid dienone is 22. The van der Waals surface area contributed by atoms with Crippen molar-refractivity contribution in [2.24, 2.45) is 0 Å². The first-order valence-corrected chi connectivity index (χ1v) is 40.4. The van der Waals surface area contributed by atoms with E-state index in [1.54, 1.807) is 0 Å². The number of carbonyl (C=O) groups is 2. The molecule has 540 valence electrons. The van der Waals surface area contributed by atoms with Crippen LogP contribution in [0.1, 0.15) is 335 Å². The third kappa shape index (κ3) is 77.2. The molecule has 0 fully saturated rings. The molecule has 0 amide bonds. The molecule has 0 aliphatic rings. The van der Waals surface area contributed by atoms with Crippen LogP contribution in [-0.4, -0.2) is 74.9 Å². The molecule has 0 saturated carbocycles. The number of likely N-dealkylation sites (N-methyl/N-ethyl adjacent to an activating group) is 1. The van der Waals surface area contributed by atoms with Crippen LogP contribution in [0.5, 0.6) is 0 Å². The van der Waals surface area contributed by atoms with E-state index >= 15 is 0 Å². The van der Waals surface area contributed by atoms with Crippen molar-refractivity contribution in [2.45, 2.75) is 341 Å². The molecule has 0 heterocycles. The quantitative estimate of drug-likeness (QED) is 0.0211. The topological polar surface area (TPSA) is 108 Å². The van der Waals surface area contributed by atoms with Crippen LogP contribution in [0, 0.1) is 0 Å². The van der Waals surface area contributed by atoms with E-state index in [4.69, 9.17) is 18.5 Å². The van der Waals surface area contributed by atoms with Crippen molar-refractivity contribution >= 4 is 19.8 Å². The highest BCUT2D eigenvalue weighted by atomic mass is 31.2. The zero-order chi connectivity index (χ0) is 68.3. The van der Waals surface area contributed by atoms with Gasteiger partial charge < -0.3 is 18.9 Å². The van der Waals surface area contributed by atoms with E-state index in [1.165, 1.54) is 193 Å². The SMILES string of the molecule is CC/C=C\C/C=C\C/C=C\C/C=C\C/C=C\C/C=C\C/C=C\C/C=C\C/C=C\C/C=C\CCCCCCCCCCC(=O)OC(COC(=O)CCCCCCCCCCCCCCCCCCCCC/C=C\CCCCCCCCCC)COP(=O)(O)OCC[N+](C)(C)C. The van der Waals surface area contributed by atoms with Gasteiger partial charge in [0.2, 0.25) is 0 Å². The van der Waals surface area contributed by atoms with Crippen LogP contribution in [0.3, 0.4) is 0 Å². The predicted molar refractivity (Wildman–Crippen MR) is 408 cm³/mol. The first kappa shape index (κ1) is 90.2. The number of rotatable bonds is 71. The number of ether oxygens (including phenoxy) is 2. The average molecular weight is 1330 g/mol. The lowest BCUT2D eigenvalue weighted by Crippen LogP contribution is -2.37. The number of hydrogen-bond acceptors (Lipinski definition) is 7. The maximum absolute atomic E-state index is 12.9. The summed E-state index contributed by atoms with van der Waals surface area (Å²) in [4.78, 5) is 36.0. The molecule has 9 nitrogen and oxygen atoms in total. The summed E-state index contributed by atoms with van der Waals surface area (Å²) in [5.74, 6) is -0.802. The molecule has 0 aromatic rings. The van der Waals surface area contributed by atoms with Crippen LogP contribution >= 0.6 is 7.82 Å². The maximum atomic E-state index is 12.9. The highest BCUT2D eigenvalue weighted by molar-refractivity contribution is 7.47. The number of quaternary nitrogens is 1. The number of hydrogen-bond donors (Lipinski definition) is 1. The molecule has 0 rings (SSSR count). The summed E-state index contributed by atoms with van der Waals surface area (Å²) in [6, 6.07) is 0. The van der Waals surface area contributed by atoms with Crippen molar-refractivity contribution < 1.29 is 42.1 Å². The molecule has 0 bridgehead atoms. The minimum absolute atomic E-state index is 0.0254. The van der Waals surface area contributed by atoms with Crippen molar-refractivity contribution in [2.75, 3.05) is 47.5 Å². The van der Waals surface area contributed by atoms with E-state index < -0.39 is 26.5 Å². The van der Waals surface area contributed by atoms with Gasteiger partial charge in [-0.3, -0.25) is 18.6 Å². The molecule has 1 N–H and O–H groups in total. The molecule has 0 spiro atoms. The van der Waals surface area contributed by atoms with Gasteiger partial charge in [0.05, 0.1) is 27.7 Å². The molecule has 2 atom stereocenters. The van der Waals surface area contributed by atoms with Crippen LogP contribution in [0.2, 0.25) is 0 Å². The number of phosphoric ester groups is 1. The van der Waals surface area contributed by atoms with Gasteiger partial charge in [0.25, 0.3) is 0 Å². The van der Waals surface area contributed by atoms with E-state index in [0.29, 0.717) is 17.4 Å². The Kier molecular flexibility index (Phi) is 70.4. The van der Waals surface area contributed by atoms with E-state index in [-0.39, 0.29) is 32.0 Å². The fourth-order valence-corrected chi connectivity index (χ4v) is 11.5. The van der Waals surface area contributed by atoms with Crippen LogP contribution in [0.25, 0.3) is 0 Å². The summed E-state index contributed by atoms with van der Waals surface area (Å²) >= 11 is 0. The molecule has 10 heteroatoms. The average Bonchev–Trinajstić information content (AvgIpc) is 1.56. The second-order valence-corrected chi connectivity index (χ2v) is 28.5. The molecule has 0 aliphatic carbocycles. The normalized spacial score (nSPS) is 13.8. The van der Waals surface area contributed by atoms with Crippen molar-refractivity contribution in [1.82, 2.24) is 0 Å². The van der Waals surface area contributed by atoms with Crippen LogP contribution < -0.4 is 0 Å². The highest BCUT2D eigenvalue weighted by Crippen LogP contribution is 2.43. The van der Waals surface area contributed by atoms with Gasteiger partial charge in [-0.25, -0.2) is 4.57 Å². The minimum atomic E-state index is -4.40. The Labute approximate surface area is 581 Å². The Morgan fingerprint density at radius 2 is 0.606 bits per heavy atom. The zero-order valence-corrected chi connectivity index (χ0v) is 62.6. The van der Waals surface area contributed by atoms with Gasteiger partial charge in [-0.05, 0) is 116 Å². The van der Waals surface area contributed by atoms with E-state index in [9.17, 15) is 19.0 Å². The first-order chi connectivity index (χ1) is 46.0. The highest BCUT2D eigenvalue weighted by Gasteiger charge is 2.27. The number of phosphoric acid groups is 1. The monoisotopic (exact) mass is 1330 g/mol. The summed E-state index contributed by atoms with van der Waals surface area (Å²) in [6.07, 6.45) is 107. The minimum Gasteiger partial charge on any atom is -0.462 e. The Balaban J connectivity index is 4.06. The fourth-order valence-electron chi connectivity index (χ4n) is 10.7.